The highest BCUT2D eigenvalue weighted by molar-refractivity contribution is 5.81. The highest BCUT2D eigenvalue weighted by atomic mass is 16.7. The molecule has 0 fully saturated rings. The van der Waals surface area contributed by atoms with Crippen LogP contribution in [0.3, 0.4) is 0 Å². The van der Waals surface area contributed by atoms with Crippen molar-refractivity contribution >= 4 is 5.91 Å². The molecule has 4 heteroatoms. The number of likely N-dealkylation sites (N-methyl/N-ethyl adjacent to an activating group) is 1. The Morgan fingerprint density at radius 2 is 2.00 bits per heavy atom. The maximum Gasteiger partial charge on any atom is 0.267 e. The van der Waals surface area contributed by atoms with E-state index in [9.17, 15) is 4.79 Å². The number of benzene rings is 1. The van der Waals surface area contributed by atoms with Crippen LogP contribution >= 0.6 is 0 Å². The van der Waals surface area contributed by atoms with Crippen LogP contribution in [-0.2, 0) is 9.63 Å². The molecule has 0 aliphatic carbocycles. The van der Waals surface area contributed by atoms with Crippen molar-refractivity contribution in [3.05, 3.63) is 35.9 Å². The van der Waals surface area contributed by atoms with Gasteiger partial charge in [-0.1, -0.05) is 30.3 Å². The quantitative estimate of drug-likeness (QED) is 0.721. The Balaban J connectivity index is 2.76. The molecule has 0 spiro atoms. The minimum Gasteiger partial charge on any atom is -0.316 e. The molecule has 0 saturated carbocycles. The van der Waals surface area contributed by atoms with Crippen LogP contribution in [-0.4, -0.2) is 25.1 Å². The van der Waals surface area contributed by atoms with E-state index < -0.39 is 6.04 Å². The lowest BCUT2D eigenvalue weighted by molar-refractivity contribution is -0.170. The number of hydrogen-bond donors (Lipinski definition) is 1. The first-order chi connectivity index (χ1) is 6.66. The van der Waals surface area contributed by atoms with Crippen molar-refractivity contribution in [2.75, 3.05) is 14.2 Å². The second-order valence-corrected chi connectivity index (χ2v) is 2.91. The normalized spacial score (nSPS) is 12.2. The standard InChI is InChI=1S/C10H14N2O2/c1-12(14-2)10(13)9(11)8-6-4-3-5-7-8/h3-7,9H,11H2,1-2H3/t9-/m1/s1. The first-order valence-electron chi connectivity index (χ1n) is 4.29. The second-order valence-electron chi connectivity index (χ2n) is 2.91. The number of amides is 1. The summed E-state index contributed by atoms with van der Waals surface area (Å²) in [5.41, 5.74) is 6.52. The van der Waals surface area contributed by atoms with E-state index in [0.29, 0.717) is 0 Å². The number of carbonyl (C=O) groups excluding carboxylic acids is 1. The molecule has 1 rings (SSSR count). The fourth-order valence-electron chi connectivity index (χ4n) is 1.09. The Hall–Kier alpha value is -1.39. The van der Waals surface area contributed by atoms with Gasteiger partial charge in [0.1, 0.15) is 6.04 Å². The molecule has 1 amide bonds. The summed E-state index contributed by atoms with van der Waals surface area (Å²) in [4.78, 5) is 16.3. The largest absolute Gasteiger partial charge is 0.316 e. The number of carbonyl (C=O) groups is 1. The van der Waals surface area contributed by atoms with Crippen molar-refractivity contribution in [1.82, 2.24) is 5.06 Å². The molecular weight excluding hydrogens is 180 g/mol. The van der Waals surface area contributed by atoms with Crippen LogP contribution in [0.2, 0.25) is 0 Å². The van der Waals surface area contributed by atoms with Gasteiger partial charge in [-0.15, -0.1) is 0 Å². The van der Waals surface area contributed by atoms with Gasteiger partial charge in [-0.2, -0.15) is 0 Å². The van der Waals surface area contributed by atoms with E-state index in [1.54, 1.807) is 0 Å². The van der Waals surface area contributed by atoms with Gasteiger partial charge < -0.3 is 5.73 Å². The third kappa shape index (κ3) is 2.31. The number of hydrogen-bond acceptors (Lipinski definition) is 3. The number of hydroxylamine groups is 2. The maximum absolute atomic E-state index is 11.6. The predicted octanol–water partition coefficient (Wildman–Crippen LogP) is 0.706. The summed E-state index contributed by atoms with van der Waals surface area (Å²) < 4.78 is 0. The summed E-state index contributed by atoms with van der Waals surface area (Å²) in [7, 11) is 2.96. The average molecular weight is 194 g/mol. The fraction of sp³-hybridized carbons (Fsp3) is 0.300. The van der Waals surface area contributed by atoms with Gasteiger partial charge in [0, 0.05) is 7.05 Å². The number of rotatable bonds is 3. The maximum atomic E-state index is 11.6. The monoisotopic (exact) mass is 194 g/mol. The van der Waals surface area contributed by atoms with Gasteiger partial charge in [0.2, 0.25) is 0 Å². The van der Waals surface area contributed by atoms with Crippen LogP contribution in [0.1, 0.15) is 11.6 Å². The molecule has 0 heterocycles. The van der Waals surface area contributed by atoms with Gasteiger partial charge in [-0.05, 0) is 5.56 Å². The zero-order valence-electron chi connectivity index (χ0n) is 8.31. The van der Waals surface area contributed by atoms with Crippen LogP contribution in [0.5, 0.6) is 0 Å². The van der Waals surface area contributed by atoms with Crippen molar-refractivity contribution in [3.8, 4) is 0 Å². The topological polar surface area (TPSA) is 55.6 Å². The third-order valence-electron chi connectivity index (χ3n) is 2.01. The molecule has 0 saturated heterocycles. The highest BCUT2D eigenvalue weighted by Gasteiger charge is 2.19. The molecule has 1 atom stereocenters. The third-order valence-corrected chi connectivity index (χ3v) is 2.01. The summed E-state index contributed by atoms with van der Waals surface area (Å²) in [5, 5.41) is 1.12. The number of nitrogens with two attached hydrogens (primary N) is 1. The number of nitrogens with zero attached hydrogens (tertiary/aromatic N) is 1. The zero-order chi connectivity index (χ0) is 10.6. The van der Waals surface area contributed by atoms with Crippen molar-refractivity contribution in [2.45, 2.75) is 6.04 Å². The lowest BCUT2D eigenvalue weighted by Gasteiger charge is -2.18. The summed E-state index contributed by atoms with van der Waals surface area (Å²) in [6.45, 7) is 0. The molecule has 2 N–H and O–H groups in total. The lowest BCUT2D eigenvalue weighted by atomic mass is 10.1. The van der Waals surface area contributed by atoms with E-state index >= 15 is 0 Å². The van der Waals surface area contributed by atoms with Crippen molar-refractivity contribution < 1.29 is 9.63 Å². The first-order valence-corrected chi connectivity index (χ1v) is 4.29. The zero-order valence-corrected chi connectivity index (χ0v) is 8.31. The summed E-state index contributed by atoms with van der Waals surface area (Å²) in [6.07, 6.45) is 0. The molecule has 0 unspecified atom stereocenters. The van der Waals surface area contributed by atoms with Gasteiger partial charge in [-0.25, -0.2) is 5.06 Å². The predicted molar refractivity (Wildman–Crippen MR) is 53.1 cm³/mol. The molecule has 1 aromatic carbocycles. The lowest BCUT2D eigenvalue weighted by Crippen LogP contribution is -2.35. The van der Waals surface area contributed by atoms with E-state index in [-0.39, 0.29) is 5.91 Å². The van der Waals surface area contributed by atoms with Crippen LogP contribution in [0.25, 0.3) is 0 Å². The van der Waals surface area contributed by atoms with Crippen molar-refractivity contribution in [3.63, 3.8) is 0 Å². The van der Waals surface area contributed by atoms with Gasteiger partial charge in [-0.3, -0.25) is 9.63 Å². The molecule has 0 aliphatic rings. The van der Waals surface area contributed by atoms with Gasteiger partial charge in [0.15, 0.2) is 0 Å². The molecule has 76 valence electrons. The van der Waals surface area contributed by atoms with E-state index in [4.69, 9.17) is 10.6 Å². The molecule has 1 aromatic rings. The Morgan fingerprint density at radius 3 is 2.50 bits per heavy atom. The SMILES string of the molecule is CON(C)C(=O)[C@H](N)c1ccccc1. The average Bonchev–Trinajstić information content (AvgIpc) is 2.27. The van der Waals surface area contributed by atoms with Crippen LogP contribution < -0.4 is 5.73 Å². The molecular formula is C10H14N2O2. The Labute approximate surface area is 83.2 Å². The van der Waals surface area contributed by atoms with Crippen molar-refractivity contribution in [2.24, 2.45) is 5.73 Å². The second kappa shape index (κ2) is 4.74. The minimum absolute atomic E-state index is 0.265. The van der Waals surface area contributed by atoms with E-state index in [1.165, 1.54) is 14.2 Å². The smallest absolute Gasteiger partial charge is 0.267 e. The summed E-state index contributed by atoms with van der Waals surface area (Å²) >= 11 is 0. The van der Waals surface area contributed by atoms with Crippen LogP contribution in [0, 0.1) is 0 Å². The molecule has 0 aliphatic heterocycles. The molecule has 14 heavy (non-hydrogen) atoms. The molecule has 4 nitrogen and oxygen atoms in total. The summed E-state index contributed by atoms with van der Waals surface area (Å²) in [5.74, 6) is -0.265. The minimum atomic E-state index is -0.666. The Kier molecular flexibility index (Phi) is 3.62. The van der Waals surface area contributed by atoms with Crippen LogP contribution in [0.15, 0.2) is 30.3 Å². The highest BCUT2D eigenvalue weighted by Crippen LogP contribution is 2.11. The van der Waals surface area contributed by atoms with Gasteiger partial charge in [0.05, 0.1) is 7.11 Å². The molecule has 0 radical (unpaired) electrons. The molecule has 0 aromatic heterocycles. The van der Waals surface area contributed by atoms with Gasteiger partial charge in [0.25, 0.3) is 5.91 Å². The molecule has 0 bridgehead atoms. The Bertz CT molecular complexity index is 300. The van der Waals surface area contributed by atoms with Crippen molar-refractivity contribution in [1.29, 1.82) is 0 Å². The first kappa shape index (κ1) is 10.7. The van der Waals surface area contributed by atoms with Gasteiger partial charge >= 0.3 is 0 Å². The fourth-order valence-corrected chi connectivity index (χ4v) is 1.09. The Morgan fingerprint density at radius 1 is 1.43 bits per heavy atom. The van der Waals surface area contributed by atoms with E-state index in [1.807, 2.05) is 30.3 Å². The van der Waals surface area contributed by atoms with Crippen LogP contribution in [0.4, 0.5) is 0 Å². The van der Waals surface area contributed by atoms with E-state index in [2.05, 4.69) is 0 Å². The van der Waals surface area contributed by atoms with E-state index in [0.717, 1.165) is 10.6 Å². The summed E-state index contributed by atoms with van der Waals surface area (Å²) in [6, 6.07) is 8.52.